The van der Waals surface area contributed by atoms with Crippen molar-refractivity contribution in [2.24, 2.45) is 0 Å². The zero-order valence-electron chi connectivity index (χ0n) is 5.58. The first-order chi connectivity index (χ1) is 4.70. The number of nitrogens with one attached hydrogen (secondary N) is 1. The number of rotatable bonds is 1. The number of carboxylic acid groups (broad SMARTS) is 1. The van der Waals surface area contributed by atoms with E-state index in [4.69, 9.17) is 10.2 Å². The lowest BCUT2D eigenvalue weighted by Crippen LogP contribution is -2.38. The minimum Gasteiger partial charge on any atom is -0.465 e. The lowest BCUT2D eigenvalue weighted by atomic mass is 10.2. The van der Waals surface area contributed by atoms with E-state index in [1.807, 2.05) is 0 Å². The van der Waals surface area contributed by atoms with Crippen LogP contribution in [0.15, 0.2) is 0 Å². The molecular weight excluding hydrogens is 134 g/mol. The molecule has 0 aromatic rings. The van der Waals surface area contributed by atoms with Gasteiger partial charge in [0, 0.05) is 0 Å². The van der Waals surface area contributed by atoms with Crippen LogP contribution in [-0.4, -0.2) is 28.5 Å². The van der Waals surface area contributed by atoms with Gasteiger partial charge in [-0.15, -0.1) is 0 Å². The topological polar surface area (TPSA) is 69.6 Å². The van der Waals surface area contributed by atoms with Crippen LogP contribution in [0, 0.1) is 0 Å². The molecule has 0 spiro atoms. The van der Waals surface area contributed by atoms with Crippen molar-refractivity contribution < 1.29 is 15.0 Å². The van der Waals surface area contributed by atoms with E-state index in [2.05, 4.69) is 5.32 Å². The van der Waals surface area contributed by atoms with Crippen LogP contribution in [0.25, 0.3) is 0 Å². The van der Waals surface area contributed by atoms with Crippen LogP contribution in [-0.2, 0) is 0 Å². The quantitative estimate of drug-likeness (QED) is 0.492. The maximum atomic E-state index is 10.1. The summed E-state index contributed by atoms with van der Waals surface area (Å²) in [4.78, 5) is 10.1. The van der Waals surface area contributed by atoms with Crippen LogP contribution in [0.5, 0.6) is 0 Å². The number of carbonyl (C=O) groups is 1. The molecule has 0 saturated heterocycles. The van der Waals surface area contributed by atoms with E-state index in [1.54, 1.807) is 0 Å². The van der Waals surface area contributed by atoms with Crippen LogP contribution >= 0.6 is 0 Å². The van der Waals surface area contributed by atoms with Gasteiger partial charge in [-0.25, -0.2) is 4.79 Å². The maximum Gasteiger partial charge on any atom is 0.404 e. The first kappa shape index (κ1) is 7.34. The zero-order chi connectivity index (χ0) is 7.56. The number of aliphatic hydroxyl groups excluding tert-OH is 1. The fraction of sp³-hybridized carbons (Fsp3) is 0.833. The zero-order valence-corrected chi connectivity index (χ0v) is 5.58. The average Bonchev–Trinajstić information content (AvgIpc) is 2.15. The molecule has 0 aliphatic heterocycles. The van der Waals surface area contributed by atoms with Gasteiger partial charge in [0.05, 0.1) is 12.1 Å². The smallest absolute Gasteiger partial charge is 0.404 e. The maximum absolute atomic E-state index is 10.1. The van der Waals surface area contributed by atoms with E-state index in [1.165, 1.54) is 0 Å². The number of aliphatic hydroxyl groups is 1. The van der Waals surface area contributed by atoms with Crippen LogP contribution in [0.2, 0.25) is 0 Å². The molecule has 0 heterocycles. The van der Waals surface area contributed by atoms with Gasteiger partial charge in [0.25, 0.3) is 0 Å². The fourth-order valence-corrected chi connectivity index (χ4v) is 1.27. The van der Waals surface area contributed by atoms with Crippen LogP contribution in [0.1, 0.15) is 19.3 Å². The second-order valence-corrected chi connectivity index (χ2v) is 2.55. The second kappa shape index (κ2) is 2.88. The molecular formula is C6H11NO3. The van der Waals surface area contributed by atoms with E-state index < -0.39 is 12.2 Å². The van der Waals surface area contributed by atoms with Gasteiger partial charge in [-0.05, 0) is 19.3 Å². The third kappa shape index (κ3) is 1.60. The molecule has 0 aromatic carbocycles. The van der Waals surface area contributed by atoms with Crippen molar-refractivity contribution in [2.45, 2.75) is 31.4 Å². The van der Waals surface area contributed by atoms with Crippen LogP contribution in [0.3, 0.4) is 0 Å². The Hall–Kier alpha value is -0.770. The summed E-state index contributed by atoms with van der Waals surface area (Å²) in [6, 6.07) is -0.238. The molecule has 1 fully saturated rings. The Bertz CT molecular complexity index is 137. The third-order valence-corrected chi connectivity index (χ3v) is 1.79. The predicted octanol–water partition coefficient (Wildman–Crippen LogP) is 0.167. The van der Waals surface area contributed by atoms with Crippen molar-refractivity contribution in [1.29, 1.82) is 0 Å². The standard InChI is InChI=1S/C6H11NO3/c8-5-3-1-2-4(5)7-6(9)10/h4-5,7-8H,1-3H2,(H,9,10)/t4-,5+/m0/s1. The van der Waals surface area contributed by atoms with Crippen molar-refractivity contribution in [1.82, 2.24) is 5.32 Å². The molecule has 2 atom stereocenters. The van der Waals surface area contributed by atoms with Crippen LogP contribution in [0.4, 0.5) is 4.79 Å². The summed E-state index contributed by atoms with van der Waals surface area (Å²) < 4.78 is 0. The lowest BCUT2D eigenvalue weighted by molar-refractivity contribution is 0.138. The summed E-state index contributed by atoms with van der Waals surface area (Å²) in [6.45, 7) is 0. The molecule has 1 saturated carbocycles. The Balaban J connectivity index is 2.33. The van der Waals surface area contributed by atoms with Crippen LogP contribution < -0.4 is 5.32 Å². The van der Waals surface area contributed by atoms with E-state index in [0.29, 0.717) is 6.42 Å². The number of hydrogen-bond acceptors (Lipinski definition) is 2. The molecule has 58 valence electrons. The Morgan fingerprint density at radius 3 is 2.60 bits per heavy atom. The molecule has 4 nitrogen and oxygen atoms in total. The Kier molecular flexibility index (Phi) is 2.11. The second-order valence-electron chi connectivity index (χ2n) is 2.55. The van der Waals surface area contributed by atoms with E-state index in [9.17, 15) is 4.79 Å². The highest BCUT2D eigenvalue weighted by atomic mass is 16.4. The molecule has 1 rings (SSSR count). The summed E-state index contributed by atoms with van der Waals surface area (Å²) in [5, 5.41) is 19.6. The van der Waals surface area contributed by atoms with Gasteiger partial charge < -0.3 is 15.5 Å². The van der Waals surface area contributed by atoms with E-state index in [0.717, 1.165) is 12.8 Å². The number of amides is 1. The highest BCUT2D eigenvalue weighted by Gasteiger charge is 2.25. The first-order valence-corrected chi connectivity index (χ1v) is 3.37. The van der Waals surface area contributed by atoms with Gasteiger partial charge in [0.1, 0.15) is 0 Å². The summed E-state index contributed by atoms with van der Waals surface area (Å²) in [5.74, 6) is 0. The minimum absolute atomic E-state index is 0.238. The Morgan fingerprint density at radius 2 is 2.20 bits per heavy atom. The first-order valence-electron chi connectivity index (χ1n) is 3.37. The van der Waals surface area contributed by atoms with Gasteiger partial charge in [-0.3, -0.25) is 0 Å². The molecule has 1 aliphatic carbocycles. The highest BCUT2D eigenvalue weighted by molar-refractivity contribution is 5.64. The predicted molar refractivity (Wildman–Crippen MR) is 34.8 cm³/mol. The van der Waals surface area contributed by atoms with Crippen molar-refractivity contribution in [2.75, 3.05) is 0 Å². The SMILES string of the molecule is O=C(O)N[C@H]1CCC[C@H]1O. The Morgan fingerprint density at radius 1 is 1.50 bits per heavy atom. The number of hydrogen-bond donors (Lipinski definition) is 3. The van der Waals surface area contributed by atoms with Gasteiger partial charge in [0.2, 0.25) is 0 Å². The van der Waals surface area contributed by atoms with Gasteiger partial charge >= 0.3 is 6.09 Å². The minimum atomic E-state index is -1.05. The summed E-state index contributed by atoms with van der Waals surface area (Å²) >= 11 is 0. The molecule has 0 bridgehead atoms. The molecule has 10 heavy (non-hydrogen) atoms. The molecule has 4 heteroatoms. The lowest BCUT2D eigenvalue weighted by Gasteiger charge is -2.12. The van der Waals surface area contributed by atoms with Crippen molar-refractivity contribution in [3.8, 4) is 0 Å². The fourth-order valence-electron chi connectivity index (χ4n) is 1.27. The molecule has 0 aromatic heterocycles. The normalized spacial score (nSPS) is 32.1. The highest BCUT2D eigenvalue weighted by Crippen LogP contribution is 2.18. The Labute approximate surface area is 58.9 Å². The summed E-state index contributed by atoms with van der Waals surface area (Å²) in [5.41, 5.74) is 0. The van der Waals surface area contributed by atoms with E-state index in [-0.39, 0.29) is 6.04 Å². The third-order valence-electron chi connectivity index (χ3n) is 1.79. The largest absolute Gasteiger partial charge is 0.465 e. The van der Waals surface area contributed by atoms with Gasteiger partial charge in [0.15, 0.2) is 0 Å². The summed E-state index contributed by atoms with van der Waals surface area (Å²) in [6.07, 6.45) is 0.854. The van der Waals surface area contributed by atoms with Gasteiger partial charge in [-0.2, -0.15) is 0 Å². The molecule has 1 aliphatic rings. The molecule has 3 N–H and O–H groups in total. The summed E-state index contributed by atoms with van der Waals surface area (Å²) in [7, 11) is 0. The van der Waals surface area contributed by atoms with Gasteiger partial charge in [-0.1, -0.05) is 0 Å². The molecule has 0 radical (unpaired) electrons. The molecule has 1 amide bonds. The van der Waals surface area contributed by atoms with Crippen molar-refractivity contribution in [3.05, 3.63) is 0 Å². The van der Waals surface area contributed by atoms with Crippen molar-refractivity contribution >= 4 is 6.09 Å². The van der Waals surface area contributed by atoms with E-state index >= 15 is 0 Å². The molecule has 0 unspecified atom stereocenters. The monoisotopic (exact) mass is 145 g/mol. The van der Waals surface area contributed by atoms with Crippen molar-refractivity contribution in [3.63, 3.8) is 0 Å². The average molecular weight is 145 g/mol.